The number of amides is 1. The molecular formula is C22H34F2N4O4S. The number of nitrogens with zero attached hydrogens (tertiary/aromatic N) is 3. The highest BCUT2D eigenvalue weighted by molar-refractivity contribution is 7.91. The molecule has 0 unspecified atom stereocenters. The van der Waals surface area contributed by atoms with Crippen molar-refractivity contribution in [3.8, 4) is 0 Å². The molecule has 8 nitrogen and oxygen atoms in total. The van der Waals surface area contributed by atoms with Crippen molar-refractivity contribution >= 4 is 15.7 Å². The van der Waals surface area contributed by atoms with Gasteiger partial charge in [0.05, 0.1) is 11.3 Å². The van der Waals surface area contributed by atoms with Gasteiger partial charge in [-0.3, -0.25) is 4.79 Å². The summed E-state index contributed by atoms with van der Waals surface area (Å²) in [6.07, 6.45) is 3.22. The largest absolute Gasteiger partial charge is 0.341 e. The van der Waals surface area contributed by atoms with Crippen molar-refractivity contribution in [3.05, 3.63) is 11.7 Å². The molecule has 2 saturated heterocycles. The molecule has 186 valence electrons. The van der Waals surface area contributed by atoms with E-state index in [9.17, 15) is 22.0 Å². The number of hydrogen-bond acceptors (Lipinski definition) is 7. The number of halogens is 2. The summed E-state index contributed by atoms with van der Waals surface area (Å²) in [6.45, 7) is 5.56. The summed E-state index contributed by atoms with van der Waals surface area (Å²) < 4.78 is 56.2. The molecule has 1 aliphatic carbocycles. The molecule has 1 aromatic heterocycles. The highest BCUT2D eigenvalue weighted by Crippen LogP contribution is 2.44. The molecule has 0 spiro atoms. The number of rotatable bonds is 5. The van der Waals surface area contributed by atoms with E-state index in [0.717, 1.165) is 0 Å². The summed E-state index contributed by atoms with van der Waals surface area (Å²) in [5, 5.41) is 6.82. The van der Waals surface area contributed by atoms with E-state index in [4.69, 9.17) is 4.52 Å². The first kappa shape index (κ1) is 24.5. The van der Waals surface area contributed by atoms with Crippen LogP contribution in [0.3, 0.4) is 0 Å². The van der Waals surface area contributed by atoms with Crippen LogP contribution in [0.15, 0.2) is 4.52 Å². The molecule has 2 aliphatic heterocycles. The van der Waals surface area contributed by atoms with Gasteiger partial charge in [-0.25, -0.2) is 17.2 Å². The molecule has 1 aromatic rings. The standard InChI is InChI=1S/C22H34F2N4O4S/c1-14(2)21(20-26-18(32-27-20)15-4-6-22(23,24)7-5-15)8-10-28(11-9-21)19(29)17-12-16(13-25-17)33(3,30)31/h14-17,25H,4-13H2,1-3H3/t16-,17-/m0/s1. The Morgan fingerprint density at radius 3 is 2.36 bits per heavy atom. The van der Waals surface area contributed by atoms with Crippen LogP contribution >= 0.6 is 0 Å². The van der Waals surface area contributed by atoms with Crippen LogP contribution in [-0.2, 0) is 20.0 Å². The number of nitrogens with one attached hydrogen (secondary N) is 1. The van der Waals surface area contributed by atoms with Crippen molar-refractivity contribution in [3.63, 3.8) is 0 Å². The van der Waals surface area contributed by atoms with Crippen molar-refractivity contribution < 1.29 is 26.5 Å². The lowest BCUT2D eigenvalue weighted by molar-refractivity contribution is -0.135. The van der Waals surface area contributed by atoms with E-state index in [2.05, 4.69) is 29.3 Å². The van der Waals surface area contributed by atoms with Gasteiger partial charge in [-0.1, -0.05) is 19.0 Å². The lowest BCUT2D eigenvalue weighted by Gasteiger charge is -2.43. The second-order valence-electron chi connectivity index (χ2n) is 10.4. The number of aromatic nitrogens is 2. The smallest absolute Gasteiger partial charge is 0.248 e. The van der Waals surface area contributed by atoms with E-state index in [0.29, 0.717) is 63.5 Å². The Morgan fingerprint density at radius 2 is 1.82 bits per heavy atom. The fourth-order valence-corrected chi connectivity index (χ4v) is 6.45. The second-order valence-corrected chi connectivity index (χ2v) is 12.7. The summed E-state index contributed by atoms with van der Waals surface area (Å²) in [5.74, 6) is -1.54. The molecule has 0 aromatic carbocycles. The third-order valence-corrected chi connectivity index (χ3v) is 9.59. The third kappa shape index (κ3) is 4.94. The van der Waals surface area contributed by atoms with Gasteiger partial charge in [0.25, 0.3) is 0 Å². The zero-order valence-electron chi connectivity index (χ0n) is 19.5. The minimum Gasteiger partial charge on any atom is -0.341 e. The second kappa shape index (κ2) is 8.87. The topological polar surface area (TPSA) is 105 Å². The van der Waals surface area contributed by atoms with Crippen LogP contribution in [-0.4, -0.2) is 72.5 Å². The number of alkyl halides is 2. The number of carbonyl (C=O) groups excluding carboxylic acids is 1. The summed E-state index contributed by atoms with van der Waals surface area (Å²) in [6, 6.07) is -0.475. The van der Waals surface area contributed by atoms with Gasteiger partial charge in [0.15, 0.2) is 15.7 Å². The molecule has 1 saturated carbocycles. The maximum Gasteiger partial charge on any atom is 0.248 e. The summed E-state index contributed by atoms with van der Waals surface area (Å²) >= 11 is 0. The predicted molar refractivity (Wildman–Crippen MR) is 118 cm³/mol. The Balaban J connectivity index is 1.41. The van der Waals surface area contributed by atoms with Crippen LogP contribution in [0.4, 0.5) is 8.78 Å². The molecule has 11 heteroatoms. The van der Waals surface area contributed by atoms with Gasteiger partial charge in [0.2, 0.25) is 17.7 Å². The van der Waals surface area contributed by atoms with Gasteiger partial charge in [0, 0.05) is 50.1 Å². The van der Waals surface area contributed by atoms with Crippen LogP contribution in [0.2, 0.25) is 0 Å². The Hall–Kier alpha value is -1.62. The van der Waals surface area contributed by atoms with Crippen LogP contribution < -0.4 is 5.32 Å². The molecule has 1 N–H and O–H groups in total. The summed E-state index contributed by atoms with van der Waals surface area (Å²) in [5.41, 5.74) is -0.352. The first-order valence-electron chi connectivity index (χ1n) is 11.8. The minimum atomic E-state index is -3.18. The first-order valence-corrected chi connectivity index (χ1v) is 13.8. The maximum atomic E-state index is 13.5. The lowest BCUT2D eigenvalue weighted by Crippen LogP contribution is -2.52. The monoisotopic (exact) mass is 488 g/mol. The van der Waals surface area contributed by atoms with Gasteiger partial charge in [0.1, 0.15) is 0 Å². The number of sulfone groups is 1. The van der Waals surface area contributed by atoms with Crippen LogP contribution in [0, 0.1) is 5.92 Å². The number of likely N-dealkylation sites (tertiary alicyclic amines) is 1. The van der Waals surface area contributed by atoms with Crippen molar-refractivity contribution in [1.82, 2.24) is 20.4 Å². The van der Waals surface area contributed by atoms with Gasteiger partial charge in [-0.05, 0) is 38.0 Å². The predicted octanol–water partition coefficient (Wildman–Crippen LogP) is 2.65. The minimum absolute atomic E-state index is 0.0598. The van der Waals surface area contributed by atoms with Crippen LogP contribution in [0.25, 0.3) is 0 Å². The van der Waals surface area contributed by atoms with Crippen molar-refractivity contribution in [2.75, 3.05) is 25.9 Å². The van der Waals surface area contributed by atoms with E-state index in [-0.39, 0.29) is 36.0 Å². The van der Waals surface area contributed by atoms with Gasteiger partial charge in [-0.2, -0.15) is 4.98 Å². The number of carbonyl (C=O) groups is 1. The van der Waals surface area contributed by atoms with E-state index in [1.807, 2.05) is 0 Å². The zero-order chi connectivity index (χ0) is 24.0. The average Bonchev–Trinajstić information content (AvgIpc) is 3.43. The van der Waals surface area contributed by atoms with E-state index < -0.39 is 27.1 Å². The SMILES string of the molecule is CC(C)C1(c2noc(C3CCC(F)(F)CC3)n2)CCN(C(=O)[C@@H]2C[C@H](S(C)(=O)=O)CN2)CC1. The molecule has 2 atom stereocenters. The van der Waals surface area contributed by atoms with Gasteiger partial charge in [-0.15, -0.1) is 0 Å². The molecule has 0 radical (unpaired) electrons. The Labute approximate surface area is 193 Å². The Bertz CT molecular complexity index is 963. The van der Waals surface area contributed by atoms with Gasteiger partial charge >= 0.3 is 0 Å². The van der Waals surface area contributed by atoms with Crippen LogP contribution in [0.1, 0.15) is 76.4 Å². The molecule has 3 heterocycles. The average molecular weight is 489 g/mol. The highest BCUT2D eigenvalue weighted by Gasteiger charge is 2.46. The molecule has 0 bridgehead atoms. The van der Waals surface area contributed by atoms with E-state index >= 15 is 0 Å². The zero-order valence-corrected chi connectivity index (χ0v) is 20.3. The van der Waals surface area contributed by atoms with Crippen molar-refractivity contribution in [2.24, 2.45) is 5.92 Å². The third-order valence-electron chi connectivity index (χ3n) is 8.02. The molecule has 1 amide bonds. The van der Waals surface area contributed by atoms with E-state index in [1.54, 1.807) is 4.90 Å². The summed E-state index contributed by atoms with van der Waals surface area (Å²) in [4.78, 5) is 19.5. The van der Waals surface area contributed by atoms with Crippen LogP contribution in [0.5, 0.6) is 0 Å². The fraction of sp³-hybridized carbons (Fsp3) is 0.864. The normalized spacial score (nSPS) is 28.4. The fourth-order valence-electron chi connectivity index (χ4n) is 5.51. The molecule has 33 heavy (non-hydrogen) atoms. The first-order chi connectivity index (χ1) is 15.4. The quantitative estimate of drug-likeness (QED) is 0.679. The number of hydrogen-bond donors (Lipinski definition) is 1. The Kier molecular flexibility index (Phi) is 6.58. The van der Waals surface area contributed by atoms with Gasteiger partial charge < -0.3 is 14.7 Å². The molecule has 3 fully saturated rings. The Morgan fingerprint density at radius 1 is 1.18 bits per heavy atom. The lowest BCUT2D eigenvalue weighted by atomic mass is 9.69. The molecule has 3 aliphatic rings. The van der Waals surface area contributed by atoms with Crippen molar-refractivity contribution in [1.29, 1.82) is 0 Å². The number of piperidine rings is 1. The van der Waals surface area contributed by atoms with Crippen molar-refractivity contribution in [2.45, 2.75) is 87.3 Å². The molecule has 4 rings (SSSR count). The van der Waals surface area contributed by atoms with E-state index in [1.165, 1.54) is 6.26 Å². The summed E-state index contributed by atoms with van der Waals surface area (Å²) in [7, 11) is -3.18. The highest BCUT2D eigenvalue weighted by atomic mass is 32.2. The maximum absolute atomic E-state index is 13.5. The molecular weight excluding hydrogens is 454 g/mol.